The number of carbonyl (C=O) groups excluding carboxylic acids is 1. The molecule has 1 heterocycles. The third-order valence-corrected chi connectivity index (χ3v) is 3.35. The Hall–Kier alpha value is -2.70. The number of rotatable bonds is 6. The van der Waals surface area contributed by atoms with Crippen LogP contribution in [0.3, 0.4) is 0 Å². The van der Waals surface area contributed by atoms with Crippen molar-refractivity contribution in [3.63, 3.8) is 0 Å². The monoisotopic (exact) mass is 319 g/mol. The Labute approximate surface area is 132 Å². The summed E-state index contributed by atoms with van der Waals surface area (Å²) in [6.07, 6.45) is 3.03. The fourth-order valence-corrected chi connectivity index (χ4v) is 2.04. The molecule has 23 heavy (non-hydrogen) atoms. The van der Waals surface area contributed by atoms with Gasteiger partial charge in [0.05, 0.1) is 11.8 Å². The van der Waals surface area contributed by atoms with Gasteiger partial charge in [0.25, 0.3) is 5.91 Å². The van der Waals surface area contributed by atoms with Gasteiger partial charge in [-0.15, -0.1) is 0 Å². The molecule has 1 amide bonds. The zero-order valence-corrected chi connectivity index (χ0v) is 12.9. The molecule has 0 radical (unpaired) electrons. The van der Waals surface area contributed by atoms with E-state index in [-0.39, 0.29) is 12.5 Å². The van der Waals surface area contributed by atoms with E-state index >= 15 is 0 Å². The minimum absolute atomic E-state index is 0.0691. The van der Waals surface area contributed by atoms with E-state index in [4.69, 9.17) is 0 Å². The molecule has 0 aliphatic carbocycles. The number of nitrogens with one attached hydrogen (secondary N) is 1. The van der Waals surface area contributed by atoms with Crippen molar-refractivity contribution in [1.29, 1.82) is 0 Å². The highest BCUT2D eigenvalue weighted by atomic mass is 19.1. The lowest BCUT2D eigenvalue weighted by Crippen LogP contribution is -2.42. The standard InChI is InChI=1S/C16H18FN3O3/c1-10(2)20-9-12(8-18-20)15(21)19-14(16(22)23)7-11-3-5-13(17)6-4-11/h3-6,8-10,14H,7H2,1-2H3,(H,19,21)(H,22,23)/t14-/m1/s1. The summed E-state index contributed by atoms with van der Waals surface area (Å²) in [7, 11) is 0. The molecule has 122 valence electrons. The molecule has 0 saturated carbocycles. The highest BCUT2D eigenvalue weighted by Crippen LogP contribution is 2.09. The van der Waals surface area contributed by atoms with Gasteiger partial charge in [-0.3, -0.25) is 9.48 Å². The lowest BCUT2D eigenvalue weighted by atomic mass is 10.1. The number of carboxylic acid groups (broad SMARTS) is 1. The third kappa shape index (κ3) is 4.38. The Bertz CT molecular complexity index is 695. The summed E-state index contributed by atoms with van der Waals surface area (Å²) >= 11 is 0. The lowest BCUT2D eigenvalue weighted by molar-refractivity contribution is -0.139. The van der Waals surface area contributed by atoms with Crippen LogP contribution < -0.4 is 5.32 Å². The molecule has 0 bridgehead atoms. The van der Waals surface area contributed by atoms with E-state index in [1.807, 2.05) is 13.8 Å². The number of aromatic nitrogens is 2. The van der Waals surface area contributed by atoms with Gasteiger partial charge < -0.3 is 10.4 Å². The number of aliphatic carboxylic acids is 1. The summed E-state index contributed by atoms with van der Waals surface area (Å²) in [6, 6.07) is 4.50. The van der Waals surface area contributed by atoms with Crippen LogP contribution in [0.4, 0.5) is 4.39 Å². The van der Waals surface area contributed by atoms with Gasteiger partial charge in [-0.25, -0.2) is 9.18 Å². The number of hydrogen-bond acceptors (Lipinski definition) is 3. The van der Waals surface area contributed by atoms with Gasteiger partial charge in [-0.05, 0) is 31.5 Å². The van der Waals surface area contributed by atoms with Crippen LogP contribution in [0.2, 0.25) is 0 Å². The van der Waals surface area contributed by atoms with Gasteiger partial charge in [0, 0.05) is 18.7 Å². The van der Waals surface area contributed by atoms with Crippen molar-refractivity contribution in [3.05, 3.63) is 53.6 Å². The highest BCUT2D eigenvalue weighted by molar-refractivity contribution is 5.96. The fraction of sp³-hybridized carbons (Fsp3) is 0.312. The maximum atomic E-state index is 12.9. The maximum absolute atomic E-state index is 12.9. The van der Waals surface area contributed by atoms with Crippen molar-refractivity contribution in [3.8, 4) is 0 Å². The van der Waals surface area contributed by atoms with Gasteiger partial charge in [-0.1, -0.05) is 12.1 Å². The zero-order valence-electron chi connectivity index (χ0n) is 12.9. The minimum atomic E-state index is -1.15. The van der Waals surface area contributed by atoms with Crippen LogP contribution in [0, 0.1) is 5.82 Å². The number of benzene rings is 1. The molecule has 2 rings (SSSR count). The first-order valence-electron chi connectivity index (χ1n) is 7.19. The number of hydrogen-bond donors (Lipinski definition) is 2. The second kappa shape index (κ2) is 7.04. The molecular formula is C16H18FN3O3. The molecule has 1 aromatic carbocycles. The molecule has 0 spiro atoms. The normalized spacial score (nSPS) is 12.2. The van der Waals surface area contributed by atoms with Gasteiger partial charge in [-0.2, -0.15) is 5.10 Å². The Kier molecular flexibility index (Phi) is 5.10. The van der Waals surface area contributed by atoms with Gasteiger partial charge in [0.2, 0.25) is 0 Å². The van der Waals surface area contributed by atoms with Crippen molar-refractivity contribution in [2.24, 2.45) is 0 Å². The van der Waals surface area contributed by atoms with Gasteiger partial charge in [0.1, 0.15) is 11.9 Å². The average molecular weight is 319 g/mol. The van der Waals surface area contributed by atoms with Crippen molar-refractivity contribution < 1.29 is 19.1 Å². The van der Waals surface area contributed by atoms with Gasteiger partial charge >= 0.3 is 5.97 Å². The summed E-state index contributed by atoms with van der Waals surface area (Å²) in [5.41, 5.74) is 0.918. The van der Waals surface area contributed by atoms with Crippen LogP contribution in [0.25, 0.3) is 0 Å². The molecule has 2 aromatic rings. The first kappa shape index (κ1) is 16.7. The highest BCUT2D eigenvalue weighted by Gasteiger charge is 2.22. The number of carbonyl (C=O) groups is 2. The molecule has 0 saturated heterocycles. The number of carboxylic acids is 1. The predicted molar refractivity (Wildman–Crippen MR) is 81.6 cm³/mol. The van der Waals surface area contributed by atoms with Crippen molar-refractivity contribution in [2.45, 2.75) is 32.4 Å². The third-order valence-electron chi connectivity index (χ3n) is 3.35. The predicted octanol–water partition coefficient (Wildman–Crippen LogP) is 2.03. The SMILES string of the molecule is CC(C)n1cc(C(=O)N[C@H](Cc2ccc(F)cc2)C(=O)O)cn1. The quantitative estimate of drug-likeness (QED) is 0.853. The lowest BCUT2D eigenvalue weighted by Gasteiger charge is -2.14. The molecule has 2 N–H and O–H groups in total. The molecule has 1 aromatic heterocycles. The maximum Gasteiger partial charge on any atom is 0.326 e. The van der Waals surface area contributed by atoms with Crippen LogP contribution in [-0.4, -0.2) is 32.8 Å². The topological polar surface area (TPSA) is 84.2 Å². The van der Waals surface area contributed by atoms with E-state index in [0.717, 1.165) is 0 Å². The van der Waals surface area contributed by atoms with E-state index < -0.39 is 23.7 Å². The van der Waals surface area contributed by atoms with E-state index in [1.54, 1.807) is 10.9 Å². The molecule has 0 fully saturated rings. The Morgan fingerprint density at radius 1 is 1.30 bits per heavy atom. The van der Waals surface area contributed by atoms with Crippen molar-refractivity contribution in [2.75, 3.05) is 0 Å². The molecule has 0 aliphatic heterocycles. The van der Waals surface area contributed by atoms with E-state index in [0.29, 0.717) is 11.1 Å². The van der Waals surface area contributed by atoms with Gasteiger partial charge in [0.15, 0.2) is 0 Å². The molecule has 0 unspecified atom stereocenters. The second-order valence-electron chi connectivity index (χ2n) is 5.50. The van der Waals surface area contributed by atoms with Crippen LogP contribution in [-0.2, 0) is 11.2 Å². The number of nitrogens with zero attached hydrogens (tertiary/aromatic N) is 2. The summed E-state index contributed by atoms with van der Waals surface area (Å²) in [5.74, 6) is -2.06. The number of halogens is 1. The molecule has 1 atom stereocenters. The minimum Gasteiger partial charge on any atom is -0.480 e. The molecule has 6 nitrogen and oxygen atoms in total. The molecular weight excluding hydrogens is 301 g/mol. The van der Waals surface area contributed by atoms with Crippen molar-refractivity contribution in [1.82, 2.24) is 15.1 Å². The summed E-state index contributed by atoms with van der Waals surface area (Å²) in [4.78, 5) is 23.5. The Morgan fingerprint density at radius 3 is 2.48 bits per heavy atom. The first-order chi connectivity index (χ1) is 10.9. The van der Waals surface area contributed by atoms with E-state index in [1.165, 1.54) is 30.5 Å². The summed E-state index contributed by atoms with van der Waals surface area (Å²) in [6.45, 7) is 3.84. The zero-order chi connectivity index (χ0) is 17.0. The largest absolute Gasteiger partial charge is 0.480 e. The smallest absolute Gasteiger partial charge is 0.326 e. The van der Waals surface area contributed by atoms with E-state index in [2.05, 4.69) is 10.4 Å². The summed E-state index contributed by atoms with van der Waals surface area (Å²) < 4.78 is 14.5. The fourth-order valence-electron chi connectivity index (χ4n) is 2.04. The second-order valence-corrected chi connectivity index (χ2v) is 5.50. The molecule has 0 aliphatic rings. The van der Waals surface area contributed by atoms with Crippen LogP contribution in [0.5, 0.6) is 0 Å². The summed E-state index contributed by atoms with van der Waals surface area (Å²) in [5, 5.41) is 15.8. The van der Waals surface area contributed by atoms with Crippen molar-refractivity contribution >= 4 is 11.9 Å². The van der Waals surface area contributed by atoms with Crippen LogP contribution in [0.15, 0.2) is 36.7 Å². The Balaban J connectivity index is 2.07. The molecule has 7 heteroatoms. The van der Waals surface area contributed by atoms with Crippen LogP contribution >= 0.6 is 0 Å². The first-order valence-corrected chi connectivity index (χ1v) is 7.19. The Morgan fingerprint density at radius 2 is 1.96 bits per heavy atom. The average Bonchev–Trinajstić information content (AvgIpc) is 2.98. The van der Waals surface area contributed by atoms with E-state index in [9.17, 15) is 19.1 Å². The number of amides is 1. The van der Waals surface area contributed by atoms with Crippen LogP contribution in [0.1, 0.15) is 35.8 Å².